The lowest BCUT2D eigenvalue weighted by atomic mass is 10.1. The molecular formula is C18H19N3O8. The average Bonchev–Trinajstić information content (AvgIpc) is 2.96. The van der Waals surface area contributed by atoms with Crippen molar-refractivity contribution in [2.75, 3.05) is 18.5 Å². The van der Waals surface area contributed by atoms with Gasteiger partial charge in [-0.05, 0) is 32.9 Å². The van der Waals surface area contributed by atoms with Crippen LogP contribution in [0.2, 0.25) is 0 Å². The van der Waals surface area contributed by atoms with E-state index >= 15 is 0 Å². The normalized spacial score (nSPS) is 10.3. The lowest BCUT2D eigenvalue weighted by molar-refractivity contribution is -0.385. The molecule has 11 nitrogen and oxygen atoms in total. The van der Waals surface area contributed by atoms with Crippen LogP contribution in [-0.4, -0.2) is 35.9 Å². The van der Waals surface area contributed by atoms with Crippen molar-refractivity contribution >= 4 is 29.4 Å². The Morgan fingerprint density at radius 3 is 2.48 bits per heavy atom. The maximum absolute atomic E-state index is 12.2. The zero-order chi connectivity index (χ0) is 21.7. The quantitative estimate of drug-likeness (QED) is 0.383. The Hall–Kier alpha value is -3.89. The molecule has 0 saturated heterocycles. The number of hydrogen-bond donors (Lipinski definition) is 2. The monoisotopic (exact) mass is 405 g/mol. The van der Waals surface area contributed by atoms with Gasteiger partial charge >= 0.3 is 5.97 Å². The van der Waals surface area contributed by atoms with Crippen molar-refractivity contribution in [1.82, 2.24) is 0 Å². The highest BCUT2D eigenvalue weighted by Crippen LogP contribution is 2.28. The predicted molar refractivity (Wildman–Crippen MR) is 99.9 cm³/mol. The van der Waals surface area contributed by atoms with E-state index in [1.807, 2.05) is 0 Å². The molecule has 0 aliphatic heterocycles. The smallest absolute Gasteiger partial charge is 0.342 e. The number of nitrogens with zero attached hydrogens (tertiary/aromatic N) is 1. The van der Waals surface area contributed by atoms with Gasteiger partial charge in [-0.25, -0.2) is 4.79 Å². The molecule has 2 rings (SSSR count). The Morgan fingerprint density at radius 2 is 1.93 bits per heavy atom. The van der Waals surface area contributed by atoms with E-state index in [9.17, 15) is 24.5 Å². The van der Waals surface area contributed by atoms with Crippen LogP contribution in [0.1, 0.15) is 39.0 Å². The highest BCUT2D eigenvalue weighted by atomic mass is 16.6. The van der Waals surface area contributed by atoms with Crippen molar-refractivity contribution in [2.24, 2.45) is 5.73 Å². The Labute approximate surface area is 164 Å². The van der Waals surface area contributed by atoms with Crippen LogP contribution in [-0.2, 0) is 9.53 Å². The number of benzene rings is 1. The third-order valence-corrected chi connectivity index (χ3v) is 3.80. The summed E-state index contributed by atoms with van der Waals surface area (Å²) in [6, 6.07) is 4.02. The van der Waals surface area contributed by atoms with Gasteiger partial charge in [0.25, 0.3) is 17.5 Å². The van der Waals surface area contributed by atoms with E-state index in [0.717, 1.165) is 0 Å². The van der Waals surface area contributed by atoms with Crippen molar-refractivity contribution < 1.29 is 33.2 Å². The van der Waals surface area contributed by atoms with Gasteiger partial charge in [0.2, 0.25) is 5.88 Å². The number of ether oxygens (including phenoxy) is 2. The molecule has 0 unspecified atom stereocenters. The van der Waals surface area contributed by atoms with E-state index in [2.05, 4.69) is 5.32 Å². The standard InChI is InChI=1S/C18H19N3O8/c1-4-27-18(24)14-10(3)29-17(15(14)16(19)23)20-13(22)8-28-11-5-6-12(21(25)26)9(2)7-11/h5-7H,4,8H2,1-3H3,(H2,19,23)(H,20,22). The first kappa shape index (κ1) is 21.4. The molecule has 154 valence electrons. The number of anilines is 1. The Morgan fingerprint density at radius 1 is 1.24 bits per heavy atom. The number of furan rings is 1. The molecule has 0 saturated carbocycles. The van der Waals surface area contributed by atoms with E-state index in [1.54, 1.807) is 6.92 Å². The average molecular weight is 405 g/mol. The van der Waals surface area contributed by atoms with Gasteiger partial charge in [0.15, 0.2) is 6.61 Å². The summed E-state index contributed by atoms with van der Waals surface area (Å²) in [6.45, 7) is 4.14. The van der Waals surface area contributed by atoms with Crippen LogP contribution in [0, 0.1) is 24.0 Å². The number of carbonyl (C=O) groups excluding carboxylic acids is 3. The lowest BCUT2D eigenvalue weighted by Gasteiger charge is -2.08. The van der Waals surface area contributed by atoms with Crippen molar-refractivity contribution in [3.05, 3.63) is 50.8 Å². The van der Waals surface area contributed by atoms with Crippen LogP contribution >= 0.6 is 0 Å². The molecule has 11 heteroatoms. The number of hydrogen-bond acceptors (Lipinski definition) is 8. The number of esters is 1. The first-order valence-electron chi connectivity index (χ1n) is 8.43. The maximum Gasteiger partial charge on any atom is 0.342 e. The maximum atomic E-state index is 12.2. The molecule has 0 fully saturated rings. The predicted octanol–water partition coefficient (Wildman–Crippen LogP) is 2.10. The topological polar surface area (TPSA) is 164 Å². The second-order valence-electron chi connectivity index (χ2n) is 5.86. The van der Waals surface area contributed by atoms with Crippen molar-refractivity contribution in [3.63, 3.8) is 0 Å². The molecule has 0 atom stereocenters. The number of nitrogens with two attached hydrogens (primary N) is 1. The van der Waals surface area contributed by atoms with Crippen molar-refractivity contribution in [1.29, 1.82) is 0 Å². The molecule has 0 bridgehead atoms. The number of nitrogens with one attached hydrogen (secondary N) is 1. The number of nitro groups is 1. The third kappa shape index (κ3) is 4.89. The van der Waals surface area contributed by atoms with Crippen molar-refractivity contribution in [3.8, 4) is 5.75 Å². The highest BCUT2D eigenvalue weighted by Gasteiger charge is 2.29. The summed E-state index contributed by atoms with van der Waals surface area (Å²) in [6.07, 6.45) is 0. The SMILES string of the molecule is CCOC(=O)c1c(C)oc(NC(=O)COc2ccc([N+](=O)[O-])c(C)c2)c1C(N)=O. The molecule has 0 aliphatic rings. The van der Waals surface area contributed by atoms with E-state index < -0.39 is 29.3 Å². The summed E-state index contributed by atoms with van der Waals surface area (Å²) in [7, 11) is 0. The summed E-state index contributed by atoms with van der Waals surface area (Å²) in [4.78, 5) is 46.3. The molecular weight excluding hydrogens is 386 g/mol. The van der Waals surface area contributed by atoms with E-state index in [1.165, 1.54) is 32.0 Å². The number of amides is 2. The van der Waals surface area contributed by atoms with E-state index in [0.29, 0.717) is 5.56 Å². The first-order valence-corrected chi connectivity index (χ1v) is 8.43. The minimum absolute atomic E-state index is 0.0551. The first-order chi connectivity index (χ1) is 13.6. The molecule has 1 heterocycles. The summed E-state index contributed by atoms with van der Waals surface area (Å²) in [5.74, 6) is -2.49. The summed E-state index contributed by atoms with van der Waals surface area (Å²) < 4.78 is 15.5. The fourth-order valence-corrected chi connectivity index (χ4v) is 2.55. The molecule has 2 aromatic rings. The van der Waals surface area contributed by atoms with Gasteiger partial charge in [-0.2, -0.15) is 0 Å². The molecule has 0 spiro atoms. The molecule has 3 N–H and O–H groups in total. The fraction of sp³-hybridized carbons (Fsp3) is 0.278. The van der Waals surface area contributed by atoms with E-state index in [4.69, 9.17) is 19.6 Å². The number of nitro benzene ring substituents is 1. The van der Waals surface area contributed by atoms with Crippen LogP contribution < -0.4 is 15.8 Å². The number of carbonyl (C=O) groups is 3. The minimum atomic E-state index is -0.980. The molecule has 1 aromatic heterocycles. The van der Waals surface area contributed by atoms with Gasteiger partial charge in [-0.1, -0.05) is 0 Å². The van der Waals surface area contributed by atoms with Gasteiger partial charge in [-0.3, -0.25) is 25.0 Å². The molecule has 2 amide bonds. The zero-order valence-corrected chi connectivity index (χ0v) is 15.9. The Kier molecular flexibility index (Phi) is 6.55. The van der Waals surface area contributed by atoms with Crippen LogP contribution in [0.4, 0.5) is 11.6 Å². The molecule has 29 heavy (non-hydrogen) atoms. The summed E-state index contributed by atoms with van der Waals surface area (Å²) in [5.41, 5.74) is 5.13. The van der Waals surface area contributed by atoms with Crippen molar-refractivity contribution in [2.45, 2.75) is 20.8 Å². The second-order valence-corrected chi connectivity index (χ2v) is 5.86. The second kappa shape index (κ2) is 8.87. The van der Waals surface area contributed by atoms with Crippen LogP contribution in [0.25, 0.3) is 0 Å². The number of rotatable bonds is 8. The van der Waals surface area contributed by atoms with Gasteiger partial charge in [0.05, 0.1) is 11.5 Å². The van der Waals surface area contributed by atoms with Gasteiger partial charge in [0, 0.05) is 11.6 Å². The number of primary amides is 1. The minimum Gasteiger partial charge on any atom is -0.484 e. The van der Waals surface area contributed by atoms with Crippen LogP contribution in [0.3, 0.4) is 0 Å². The summed E-state index contributed by atoms with van der Waals surface area (Å²) >= 11 is 0. The molecule has 0 aliphatic carbocycles. The summed E-state index contributed by atoms with van der Waals surface area (Å²) in [5, 5.41) is 13.1. The lowest BCUT2D eigenvalue weighted by Crippen LogP contribution is -2.23. The largest absolute Gasteiger partial charge is 0.484 e. The Bertz CT molecular complexity index is 980. The van der Waals surface area contributed by atoms with Crippen LogP contribution in [0.15, 0.2) is 22.6 Å². The Balaban J connectivity index is 2.14. The van der Waals surface area contributed by atoms with Gasteiger partial charge in [0.1, 0.15) is 22.6 Å². The van der Waals surface area contributed by atoms with Gasteiger partial charge < -0.3 is 19.6 Å². The highest BCUT2D eigenvalue weighted by molar-refractivity contribution is 6.10. The van der Waals surface area contributed by atoms with Crippen LogP contribution in [0.5, 0.6) is 5.75 Å². The third-order valence-electron chi connectivity index (χ3n) is 3.80. The number of aryl methyl sites for hydroxylation is 2. The molecule has 0 radical (unpaired) electrons. The zero-order valence-electron chi connectivity index (χ0n) is 15.9. The van der Waals surface area contributed by atoms with Gasteiger partial charge in [-0.15, -0.1) is 0 Å². The van der Waals surface area contributed by atoms with E-state index in [-0.39, 0.29) is 40.8 Å². The fourth-order valence-electron chi connectivity index (χ4n) is 2.55. The molecule has 1 aromatic carbocycles.